The highest BCUT2D eigenvalue weighted by atomic mass is 35.5. The van der Waals surface area contributed by atoms with Gasteiger partial charge < -0.3 is 20.7 Å². The van der Waals surface area contributed by atoms with Gasteiger partial charge >= 0.3 is 6.09 Å². The van der Waals surface area contributed by atoms with Crippen LogP contribution in [0.1, 0.15) is 63.4 Å². The Labute approximate surface area is 219 Å². The minimum Gasteiger partial charge on any atom is -0.438 e. The average molecular weight is 537 g/mol. The number of nitrogens with one attached hydrogen (secondary N) is 3. The fourth-order valence-electron chi connectivity index (χ4n) is 5.16. The smallest absolute Gasteiger partial charge is 0.408 e. The van der Waals surface area contributed by atoms with Crippen LogP contribution in [0.2, 0.25) is 5.02 Å². The summed E-state index contributed by atoms with van der Waals surface area (Å²) in [5.74, 6) is -4.06. The molecule has 0 bridgehead atoms. The Kier molecular flexibility index (Phi) is 8.22. The van der Waals surface area contributed by atoms with Crippen LogP contribution in [0.5, 0.6) is 0 Å². The first-order chi connectivity index (χ1) is 17.6. The molecule has 1 heterocycles. The summed E-state index contributed by atoms with van der Waals surface area (Å²) in [4.78, 5) is 38.0. The molecule has 37 heavy (non-hydrogen) atoms. The van der Waals surface area contributed by atoms with Gasteiger partial charge in [-0.05, 0) is 68.6 Å². The second-order valence-corrected chi connectivity index (χ2v) is 10.8. The molecular weight excluding hydrogens is 506 g/mol. The molecule has 11 heteroatoms. The molecule has 0 spiro atoms. The van der Waals surface area contributed by atoms with E-state index in [1.807, 2.05) is 12.1 Å². The number of rotatable bonds is 9. The van der Waals surface area contributed by atoms with Crippen LogP contribution in [0.4, 0.5) is 13.6 Å². The van der Waals surface area contributed by atoms with E-state index < -0.39 is 35.6 Å². The summed E-state index contributed by atoms with van der Waals surface area (Å²) in [6.07, 6.45) is 1.18. The van der Waals surface area contributed by atoms with Crippen molar-refractivity contribution in [2.75, 3.05) is 6.54 Å². The maximum absolute atomic E-state index is 13.7. The van der Waals surface area contributed by atoms with Crippen molar-refractivity contribution in [3.05, 3.63) is 34.9 Å². The Morgan fingerprint density at radius 3 is 2.49 bits per heavy atom. The Bertz CT molecular complexity index is 1060. The van der Waals surface area contributed by atoms with Gasteiger partial charge in [0.15, 0.2) is 0 Å². The third-order valence-corrected chi connectivity index (χ3v) is 7.75. The predicted octanol–water partition coefficient (Wildman–Crippen LogP) is 4.17. The van der Waals surface area contributed by atoms with E-state index in [2.05, 4.69) is 16.0 Å². The quantitative estimate of drug-likeness (QED) is 0.437. The van der Waals surface area contributed by atoms with Gasteiger partial charge in [0.05, 0.1) is 6.07 Å². The van der Waals surface area contributed by atoms with Crippen molar-refractivity contribution >= 4 is 29.5 Å². The number of hydrogen-bond acceptors (Lipinski definition) is 5. The number of hydrogen-bond donors (Lipinski definition) is 3. The van der Waals surface area contributed by atoms with Crippen LogP contribution >= 0.6 is 11.6 Å². The van der Waals surface area contributed by atoms with Gasteiger partial charge in [-0.3, -0.25) is 9.59 Å². The van der Waals surface area contributed by atoms with Gasteiger partial charge in [-0.25, -0.2) is 13.6 Å². The maximum atomic E-state index is 13.7. The zero-order valence-corrected chi connectivity index (χ0v) is 21.2. The highest BCUT2D eigenvalue weighted by Gasteiger charge is 2.49. The molecular formula is C26H31ClF2N4O4. The lowest BCUT2D eigenvalue weighted by atomic mass is 9.82. The van der Waals surface area contributed by atoms with Crippen LogP contribution in [-0.2, 0) is 19.9 Å². The standard InChI is InChI=1S/C26H31ClF2N4O4/c27-19-3-1-2-18(14-19)25(9-10-25)37-24(36)33-21(12-16-4-7-26(28,29)8-5-16)23(35)32-20(15-30)13-17-6-11-31-22(17)34/h1-3,14,16-17,20-21H,4-13H2,(H,31,34)(H,32,35)(H,33,36)/t17-,20-,21-/m0/s1. The summed E-state index contributed by atoms with van der Waals surface area (Å²) in [6.45, 7) is 0.520. The molecule has 2 aliphatic carbocycles. The largest absolute Gasteiger partial charge is 0.438 e. The fourth-order valence-corrected chi connectivity index (χ4v) is 5.35. The van der Waals surface area contributed by atoms with Gasteiger partial charge in [0.2, 0.25) is 17.7 Å². The molecule has 2 saturated carbocycles. The lowest BCUT2D eigenvalue weighted by Gasteiger charge is -2.31. The van der Waals surface area contributed by atoms with E-state index in [9.17, 15) is 28.4 Å². The molecule has 1 aromatic rings. The minimum absolute atomic E-state index is 0.142. The second-order valence-electron chi connectivity index (χ2n) is 10.3. The number of ether oxygens (including phenoxy) is 1. The van der Waals surface area contributed by atoms with E-state index in [1.54, 1.807) is 18.2 Å². The van der Waals surface area contributed by atoms with Crippen LogP contribution in [0.3, 0.4) is 0 Å². The van der Waals surface area contributed by atoms with E-state index in [-0.39, 0.29) is 56.3 Å². The number of nitrogens with zero attached hydrogens (tertiary/aromatic N) is 1. The Balaban J connectivity index is 1.42. The van der Waals surface area contributed by atoms with Crippen LogP contribution in [0.15, 0.2) is 24.3 Å². The summed E-state index contributed by atoms with van der Waals surface area (Å²) in [6, 6.07) is 7.03. The molecule has 8 nitrogen and oxygen atoms in total. The lowest BCUT2D eigenvalue weighted by Crippen LogP contribution is -2.51. The molecule has 3 fully saturated rings. The molecule has 3 N–H and O–H groups in total. The zero-order valence-electron chi connectivity index (χ0n) is 20.4. The number of carbonyl (C=O) groups is 3. The Morgan fingerprint density at radius 1 is 1.16 bits per heavy atom. The Morgan fingerprint density at radius 2 is 1.89 bits per heavy atom. The molecule has 0 radical (unpaired) electrons. The van der Waals surface area contributed by atoms with Gasteiger partial charge in [-0.15, -0.1) is 0 Å². The number of halogens is 3. The second kappa shape index (κ2) is 11.2. The summed E-state index contributed by atoms with van der Waals surface area (Å²) in [5.41, 5.74) is -0.0708. The minimum atomic E-state index is -2.72. The van der Waals surface area contributed by atoms with E-state index in [0.717, 1.165) is 5.56 Å². The van der Waals surface area contributed by atoms with E-state index in [1.165, 1.54) is 0 Å². The predicted molar refractivity (Wildman–Crippen MR) is 131 cm³/mol. The average Bonchev–Trinajstić information content (AvgIpc) is 3.52. The molecule has 200 valence electrons. The van der Waals surface area contributed by atoms with Crippen molar-refractivity contribution in [1.82, 2.24) is 16.0 Å². The number of nitriles is 1. The summed E-state index contributed by atoms with van der Waals surface area (Å²) in [5, 5.41) is 18.0. The topological polar surface area (TPSA) is 120 Å². The van der Waals surface area contributed by atoms with Crippen LogP contribution < -0.4 is 16.0 Å². The normalized spacial score (nSPS) is 23.7. The van der Waals surface area contributed by atoms with Gasteiger partial charge in [-0.2, -0.15) is 5.26 Å². The monoisotopic (exact) mass is 536 g/mol. The number of benzene rings is 1. The first-order valence-corrected chi connectivity index (χ1v) is 13.1. The van der Waals surface area contributed by atoms with Crippen molar-refractivity contribution in [2.45, 2.75) is 81.4 Å². The van der Waals surface area contributed by atoms with Gasteiger partial charge in [0.25, 0.3) is 0 Å². The number of alkyl halides is 2. The van der Waals surface area contributed by atoms with E-state index in [0.29, 0.717) is 30.8 Å². The first kappa shape index (κ1) is 27.1. The summed E-state index contributed by atoms with van der Waals surface area (Å²) < 4.78 is 33.0. The molecule has 1 saturated heterocycles. The summed E-state index contributed by atoms with van der Waals surface area (Å²) in [7, 11) is 0. The van der Waals surface area contributed by atoms with Gasteiger partial charge in [-0.1, -0.05) is 23.7 Å². The third-order valence-electron chi connectivity index (χ3n) is 7.51. The van der Waals surface area contributed by atoms with Crippen molar-refractivity contribution in [1.29, 1.82) is 5.26 Å². The first-order valence-electron chi connectivity index (χ1n) is 12.7. The fraction of sp³-hybridized carbons (Fsp3) is 0.615. The molecule has 1 aromatic carbocycles. The van der Waals surface area contributed by atoms with Crippen LogP contribution in [-0.4, -0.2) is 42.5 Å². The highest BCUT2D eigenvalue weighted by molar-refractivity contribution is 6.30. The van der Waals surface area contributed by atoms with Gasteiger partial charge in [0.1, 0.15) is 17.7 Å². The van der Waals surface area contributed by atoms with Crippen molar-refractivity contribution < 1.29 is 27.9 Å². The number of alkyl carbamates (subject to hydrolysis) is 1. The van der Waals surface area contributed by atoms with Crippen molar-refractivity contribution in [3.8, 4) is 6.07 Å². The molecule has 1 aliphatic heterocycles. The number of carbonyl (C=O) groups excluding carboxylic acids is 3. The van der Waals surface area contributed by atoms with Crippen molar-refractivity contribution in [3.63, 3.8) is 0 Å². The molecule has 3 atom stereocenters. The van der Waals surface area contributed by atoms with Gasteiger partial charge in [0, 0.05) is 30.3 Å². The molecule has 3 aliphatic rings. The van der Waals surface area contributed by atoms with Crippen LogP contribution in [0.25, 0.3) is 0 Å². The lowest BCUT2D eigenvalue weighted by molar-refractivity contribution is -0.125. The van der Waals surface area contributed by atoms with E-state index >= 15 is 0 Å². The molecule has 0 unspecified atom stereocenters. The maximum Gasteiger partial charge on any atom is 0.408 e. The molecule has 3 amide bonds. The SMILES string of the molecule is N#C[C@H](C[C@@H]1CCNC1=O)NC(=O)[C@H](CC1CCC(F)(F)CC1)NC(=O)OC1(c2cccc(Cl)c2)CC1. The molecule has 4 rings (SSSR count). The number of amides is 3. The third kappa shape index (κ3) is 7.10. The summed E-state index contributed by atoms with van der Waals surface area (Å²) >= 11 is 6.09. The molecule has 0 aromatic heterocycles. The Hall–Kier alpha value is -2.93. The van der Waals surface area contributed by atoms with Crippen molar-refractivity contribution in [2.24, 2.45) is 11.8 Å². The zero-order chi connectivity index (χ0) is 26.6. The van der Waals surface area contributed by atoms with E-state index in [4.69, 9.17) is 16.3 Å². The van der Waals surface area contributed by atoms with Crippen LogP contribution in [0, 0.1) is 23.2 Å². The highest BCUT2D eigenvalue weighted by Crippen LogP contribution is 2.49.